The Morgan fingerprint density at radius 3 is 2.66 bits per heavy atom. The van der Waals surface area contributed by atoms with Crippen LogP contribution >= 0.6 is 0 Å². The fraction of sp³-hybridized carbons (Fsp3) is 0.222. The number of nitriles is 1. The van der Waals surface area contributed by atoms with E-state index >= 15 is 0 Å². The highest BCUT2D eigenvalue weighted by Gasteiger charge is 2.31. The number of rotatable bonds is 5. The molecule has 0 unspecified atom stereocenters. The van der Waals surface area contributed by atoms with Crippen molar-refractivity contribution in [1.82, 2.24) is 14.6 Å². The number of carboxylic acids is 1. The summed E-state index contributed by atoms with van der Waals surface area (Å²) in [6.07, 6.45) is -1.57. The Morgan fingerprint density at radius 1 is 1.28 bits per heavy atom. The maximum Gasteiger partial charge on any atom is 0.416 e. The molecule has 11 heteroatoms. The largest absolute Gasteiger partial charge is 0.476 e. The summed E-state index contributed by atoms with van der Waals surface area (Å²) < 4.78 is 40.4. The molecule has 0 bridgehead atoms. The summed E-state index contributed by atoms with van der Waals surface area (Å²) in [4.78, 5) is 15.5. The third kappa shape index (κ3) is 3.77. The number of hydrogen-bond acceptors (Lipinski definition) is 6. The number of fused-ring (bicyclic) bond motifs is 1. The van der Waals surface area contributed by atoms with Gasteiger partial charge >= 0.3 is 12.1 Å². The molecule has 2 aromatic heterocycles. The predicted octanol–water partition coefficient (Wildman–Crippen LogP) is 3.64. The normalized spacial score (nSPS) is 13.9. The molecule has 2 heterocycles. The second-order valence-electron chi connectivity index (χ2n) is 6.58. The van der Waals surface area contributed by atoms with Gasteiger partial charge in [0.1, 0.15) is 0 Å². The first-order chi connectivity index (χ1) is 13.7. The molecule has 1 aliphatic rings. The van der Waals surface area contributed by atoms with E-state index in [1.54, 1.807) is 12.1 Å². The first kappa shape index (κ1) is 18.5. The highest BCUT2D eigenvalue weighted by molar-refractivity contribution is 5.88. The first-order valence-corrected chi connectivity index (χ1v) is 8.52. The summed E-state index contributed by atoms with van der Waals surface area (Å²) in [6.45, 7) is 0. The summed E-state index contributed by atoms with van der Waals surface area (Å²) in [7, 11) is 0. The molecule has 0 radical (unpaired) electrons. The molecule has 0 atom stereocenters. The molecular weight excluding hydrogens is 389 g/mol. The Labute approximate surface area is 161 Å². The van der Waals surface area contributed by atoms with Crippen molar-refractivity contribution in [3.8, 4) is 6.07 Å². The molecule has 29 heavy (non-hydrogen) atoms. The number of nitrogens with zero attached hydrogens (tertiary/aromatic N) is 4. The van der Waals surface area contributed by atoms with Gasteiger partial charge in [-0.3, -0.25) is 0 Å². The zero-order valence-electron chi connectivity index (χ0n) is 14.7. The highest BCUT2D eigenvalue weighted by atomic mass is 19.4. The highest BCUT2D eigenvalue weighted by Crippen LogP contribution is 2.33. The number of aromatic carboxylic acids is 1. The van der Waals surface area contributed by atoms with Gasteiger partial charge in [-0.2, -0.15) is 18.4 Å². The minimum atomic E-state index is -4.62. The summed E-state index contributed by atoms with van der Waals surface area (Å²) in [6, 6.07) is 6.31. The smallest absolute Gasteiger partial charge is 0.416 e. The van der Waals surface area contributed by atoms with Crippen LogP contribution in [0, 0.1) is 11.3 Å². The second kappa shape index (κ2) is 6.66. The van der Waals surface area contributed by atoms with E-state index in [2.05, 4.69) is 20.7 Å². The van der Waals surface area contributed by atoms with E-state index in [0.29, 0.717) is 11.3 Å². The first-order valence-electron chi connectivity index (χ1n) is 8.52. The molecular formula is C18H13F3N6O2. The number of nitrogens with one attached hydrogen (secondary N) is 2. The molecule has 3 N–H and O–H groups in total. The Balaban J connectivity index is 1.79. The van der Waals surface area contributed by atoms with Gasteiger partial charge in [0.05, 0.1) is 29.1 Å². The van der Waals surface area contributed by atoms with E-state index in [4.69, 9.17) is 5.26 Å². The molecule has 1 aliphatic carbocycles. The third-order valence-electron chi connectivity index (χ3n) is 4.29. The lowest BCUT2D eigenvalue weighted by Gasteiger charge is -2.13. The molecule has 8 nitrogen and oxygen atoms in total. The van der Waals surface area contributed by atoms with Gasteiger partial charge in [-0.1, -0.05) is 0 Å². The van der Waals surface area contributed by atoms with Gasteiger partial charge in [0, 0.05) is 17.8 Å². The molecule has 0 spiro atoms. The predicted molar refractivity (Wildman–Crippen MR) is 96.0 cm³/mol. The summed E-state index contributed by atoms with van der Waals surface area (Å²) in [5, 5.41) is 28.4. The van der Waals surface area contributed by atoms with Gasteiger partial charge in [0.15, 0.2) is 17.2 Å². The molecule has 0 saturated heterocycles. The van der Waals surface area contributed by atoms with Crippen LogP contribution in [0.3, 0.4) is 0 Å². The van der Waals surface area contributed by atoms with E-state index in [9.17, 15) is 23.1 Å². The zero-order valence-corrected chi connectivity index (χ0v) is 14.7. The second-order valence-corrected chi connectivity index (χ2v) is 6.58. The standard InChI is InChI=1S/C18H13F3N6O2/c19-18(20,21)10-3-9(7-22)4-12(5-10)25-15-6-13(24-11-1-2-11)16-23-8-14(17(28)29)27(16)26-15/h3-6,8,11,24H,1-2H2,(H,25,26)(H,28,29). The zero-order chi connectivity index (χ0) is 20.8. The average molecular weight is 402 g/mol. The van der Waals surface area contributed by atoms with Gasteiger partial charge in [-0.25, -0.2) is 14.3 Å². The Kier molecular flexibility index (Phi) is 4.26. The Bertz CT molecular complexity index is 1160. The number of aromatic nitrogens is 3. The minimum Gasteiger partial charge on any atom is -0.476 e. The summed E-state index contributed by atoms with van der Waals surface area (Å²) in [5.41, 5.74) is -0.549. The van der Waals surface area contributed by atoms with Crippen LogP contribution in [0.1, 0.15) is 34.5 Å². The molecule has 0 aliphatic heterocycles. The number of hydrogen-bond donors (Lipinski definition) is 3. The van der Waals surface area contributed by atoms with E-state index in [1.165, 1.54) is 6.07 Å². The lowest BCUT2D eigenvalue weighted by Crippen LogP contribution is -2.11. The van der Waals surface area contributed by atoms with Crippen LogP contribution in [0.25, 0.3) is 5.65 Å². The fourth-order valence-electron chi connectivity index (χ4n) is 2.81. The monoisotopic (exact) mass is 402 g/mol. The molecule has 148 valence electrons. The molecule has 1 aromatic carbocycles. The maximum absolute atomic E-state index is 13.1. The van der Waals surface area contributed by atoms with Crippen LogP contribution in [-0.2, 0) is 6.18 Å². The lowest BCUT2D eigenvalue weighted by atomic mass is 10.1. The number of halogens is 3. The van der Waals surface area contributed by atoms with E-state index < -0.39 is 17.7 Å². The molecule has 4 rings (SSSR count). The van der Waals surface area contributed by atoms with Crippen LogP contribution in [0.4, 0.5) is 30.4 Å². The third-order valence-corrected chi connectivity index (χ3v) is 4.29. The van der Waals surface area contributed by atoms with Gasteiger partial charge in [0.25, 0.3) is 0 Å². The Hall–Kier alpha value is -3.81. The van der Waals surface area contributed by atoms with Crippen molar-refractivity contribution in [1.29, 1.82) is 5.26 Å². The molecule has 1 saturated carbocycles. The number of imidazole rings is 1. The van der Waals surface area contributed by atoms with Gasteiger partial charge in [0.2, 0.25) is 0 Å². The molecule has 1 fully saturated rings. The van der Waals surface area contributed by atoms with Crippen molar-refractivity contribution >= 4 is 28.8 Å². The van der Waals surface area contributed by atoms with Crippen molar-refractivity contribution in [3.05, 3.63) is 47.3 Å². The molecule has 3 aromatic rings. The molecule has 0 amide bonds. The van der Waals surface area contributed by atoms with E-state index in [-0.39, 0.29) is 28.8 Å². The van der Waals surface area contributed by atoms with E-state index in [1.807, 2.05) is 0 Å². The summed E-state index contributed by atoms with van der Waals surface area (Å²) >= 11 is 0. The average Bonchev–Trinajstić information content (AvgIpc) is 3.36. The van der Waals surface area contributed by atoms with Gasteiger partial charge in [-0.15, -0.1) is 5.10 Å². The number of carbonyl (C=O) groups is 1. The number of carboxylic acid groups (broad SMARTS) is 1. The van der Waals surface area contributed by atoms with Crippen molar-refractivity contribution in [2.45, 2.75) is 25.1 Å². The van der Waals surface area contributed by atoms with Crippen LogP contribution in [0.2, 0.25) is 0 Å². The van der Waals surface area contributed by atoms with Crippen LogP contribution in [-0.4, -0.2) is 31.7 Å². The number of alkyl halides is 3. The SMILES string of the molecule is N#Cc1cc(Nc2cc(NC3CC3)c3ncc(C(=O)O)n3n2)cc(C(F)(F)F)c1. The van der Waals surface area contributed by atoms with Crippen LogP contribution in [0.15, 0.2) is 30.5 Å². The van der Waals surface area contributed by atoms with Crippen molar-refractivity contribution in [2.24, 2.45) is 0 Å². The fourth-order valence-corrected chi connectivity index (χ4v) is 2.81. The van der Waals surface area contributed by atoms with Crippen LogP contribution < -0.4 is 10.6 Å². The number of benzene rings is 1. The lowest BCUT2D eigenvalue weighted by molar-refractivity contribution is -0.137. The Morgan fingerprint density at radius 2 is 2.03 bits per heavy atom. The maximum atomic E-state index is 13.1. The van der Waals surface area contributed by atoms with Crippen molar-refractivity contribution in [3.63, 3.8) is 0 Å². The van der Waals surface area contributed by atoms with Crippen LogP contribution in [0.5, 0.6) is 0 Å². The van der Waals surface area contributed by atoms with Gasteiger partial charge < -0.3 is 15.7 Å². The minimum absolute atomic E-state index is 0.00223. The van der Waals surface area contributed by atoms with Gasteiger partial charge in [-0.05, 0) is 31.0 Å². The topological polar surface area (TPSA) is 115 Å². The quantitative estimate of drug-likeness (QED) is 0.597. The number of anilines is 3. The van der Waals surface area contributed by atoms with Crippen molar-refractivity contribution in [2.75, 3.05) is 10.6 Å². The van der Waals surface area contributed by atoms with E-state index in [0.717, 1.165) is 35.7 Å². The van der Waals surface area contributed by atoms with Crippen molar-refractivity contribution < 1.29 is 23.1 Å². The summed E-state index contributed by atoms with van der Waals surface area (Å²) in [5.74, 6) is -1.14.